The fourth-order valence-corrected chi connectivity index (χ4v) is 5.26. The lowest BCUT2D eigenvalue weighted by Gasteiger charge is -2.25. The van der Waals surface area contributed by atoms with Crippen molar-refractivity contribution >= 4 is 57.0 Å². The second-order valence-corrected chi connectivity index (χ2v) is 8.75. The Labute approximate surface area is 187 Å². The second kappa shape index (κ2) is 7.41. The molecule has 3 heterocycles. The Kier molecular flexibility index (Phi) is 4.68. The van der Waals surface area contributed by atoms with Crippen molar-refractivity contribution in [2.45, 2.75) is 13.0 Å². The number of halogens is 1. The van der Waals surface area contributed by atoms with Crippen molar-refractivity contribution in [3.05, 3.63) is 92.8 Å². The van der Waals surface area contributed by atoms with Gasteiger partial charge in [0.15, 0.2) is 0 Å². The molecule has 1 amide bonds. The van der Waals surface area contributed by atoms with Gasteiger partial charge in [0.2, 0.25) is 0 Å². The summed E-state index contributed by atoms with van der Waals surface area (Å²) in [5, 5.41) is 14.5. The highest BCUT2D eigenvalue weighted by Gasteiger charge is 2.48. The number of rotatable bonds is 3. The molecule has 0 bridgehead atoms. The van der Waals surface area contributed by atoms with Crippen LogP contribution in [0.1, 0.15) is 22.0 Å². The Morgan fingerprint density at radius 2 is 1.94 bits per heavy atom. The molecule has 1 aliphatic rings. The summed E-state index contributed by atoms with van der Waals surface area (Å²) in [6.07, 6.45) is 1.66. The number of benzene rings is 2. The Bertz CT molecular complexity index is 1380. The Hall–Kier alpha value is -3.35. The number of amides is 1. The third-order valence-corrected chi connectivity index (χ3v) is 6.83. The Morgan fingerprint density at radius 3 is 2.68 bits per heavy atom. The van der Waals surface area contributed by atoms with Crippen molar-refractivity contribution < 1.29 is 14.7 Å². The first-order valence-electron chi connectivity index (χ1n) is 9.64. The summed E-state index contributed by atoms with van der Waals surface area (Å²) in [5.41, 5.74) is 2.83. The zero-order valence-corrected chi connectivity index (χ0v) is 18.0. The number of carbonyl (C=O) groups excluding carboxylic acids is 2. The largest absolute Gasteiger partial charge is 0.507 e. The van der Waals surface area contributed by atoms with Crippen LogP contribution in [0.15, 0.2) is 71.7 Å². The van der Waals surface area contributed by atoms with Gasteiger partial charge < -0.3 is 10.1 Å². The van der Waals surface area contributed by atoms with Gasteiger partial charge >= 0.3 is 0 Å². The molecule has 2 N–H and O–H groups in total. The van der Waals surface area contributed by atoms with E-state index in [0.29, 0.717) is 16.3 Å². The number of nitrogens with zero attached hydrogens (tertiary/aromatic N) is 1. The predicted octanol–water partition coefficient (Wildman–Crippen LogP) is 5.82. The number of hydrogen-bond donors (Lipinski definition) is 2. The van der Waals surface area contributed by atoms with Crippen LogP contribution in [0.2, 0.25) is 5.02 Å². The van der Waals surface area contributed by atoms with Crippen LogP contribution in [0.25, 0.3) is 16.7 Å². The molecule has 0 radical (unpaired) electrons. The molecule has 31 heavy (non-hydrogen) atoms. The molecule has 4 aromatic rings. The van der Waals surface area contributed by atoms with Gasteiger partial charge in [-0.2, -0.15) is 0 Å². The minimum atomic E-state index is -0.743. The van der Waals surface area contributed by atoms with Gasteiger partial charge in [0.25, 0.3) is 11.7 Å². The van der Waals surface area contributed by atoms with Crippen LogP contribution in [0, 0.1) is 6.92 Å². The van der Waals surface area contributed by atoms with E-state index in [1.165, 1.54) is 16.2 Å². The number of fused-ring (bicyclic) bond motifs is 1. The molecule has 1 atom stereocenters. The molecule has 1 fully saturated rings. The highest BCUT2D eigenvalue weighted by atomic mass is 35.5. The number of H-pyrrole nitrogens is 1. The fraction of sp³-hybridized carbons (Fsp3) is 0.0833. The molecular weight excluding hydrogens is 432 g/mol. The summed E-state index contributed by atoms with van der Waals surface area (Å²) in [7, 11) is 0. The standard InChI is InChI=1S/C24H17ClN2O3S/c1-13-9-10-31-23(13)20-19(21(28)17-12-26-18-8-3-2-7-16(17)18)22(29)24(30)27(20)15-6-4-5-14(25)11-15/h2-12,20,26,28H,1H3/b21-19+. The van der Waals surface area contributed by atoms with Gasteiger partial charge in [-0.1, -0.05) is 35.9 Å². The van der Waals surface area contributed by atoms with Crippen LogP contribution in [-0.2, 0) is 9.59 Å². The minimum Gasteiger partial charge on any atom is -0.507 e. The average Bonchev–Trinajstić information content (AvgIpc) is 3.44. The highest BCUT2D eigenvalue weighted by Crippen LogP contribution is 2.45. The smallest absolute Gasteiger partial charge is 0.300 e. The third-order valence-electron chi connectivity index (χ3n) is 5.53. The molecule has 5 nitrogen and oxygen atoms in total. The molecule has 7 heteroatoms. The van der Waals surface area contributed by atoms with Gasteiger partial charge in [-0.3, -0.25) is 14.5 Å². The molecule has 154 valence electrons. The van der Waals surface area contributed by atoms with Gasteiger partial charge in [-0.15, -0.1) is 11.3 Å². The Morgan fingerprint density at radius 1 is 1.13 bits per heavy atom. The van der Waals surface area contributed by atoms with Gasteiger partial charge in [0.05, 0.1) is 5.57 Å². The van der Waals surface area contributed by atoms with E-state index in [2.05, 4.69) is 4.98 Å². The molecule has 2 aromatic carbocycles. The zero-order chi connectivity index (χ0) is 21.7. The minimum absolute atomic E-state index is 0.0697. The van der Waals surface area contributed by atoms with Crippen molar-refractivity contribution in [1.82, 2.24) is 4.98 Å². The number of ketones is 1. The van der Waals surface area contributed by atoms with Crippen LogP contribution in [0.5, 0.6) is 0 Å². The van der Waals surface area contributed by atoms with E-state index in [-0.39, 0.29) is 11.3 Å². The summed E-state index contributed by atoms with van der Waals surface area (Å²) in [5.74, 6) is -1.61. The van der Waals surface area contributed by atoms with E-state index < -0.39 is 17.7 Å². The summed E-state index contributed by atoms with van der Waals surface area (Å²) >= 11 is 7.61. The van der Waals surface area contributed by atoms with Gasteiger partial charge in [0, 0.05) is 38.3 Å². The molecule has 0 aliphatic carbocycles. The molecule has 2 aromatic heterocycles. The number of carbonyl (C=O) groups is 2. The summed E-state index contributed by atoms with van der Waals surface area (Å²) in [6.45, 7) is 1.93. The third kappa shape index (κ3) is 3.07. The van der Waals surface area contributed by atoms with E-state index in [1.807, 2.05) is 42.6 Å². The summed E-state index contributed by atoms with van der Waals surface area (Å²) < 4.78 is 0. The molecular formula is C24H17ClN2O3S. The number of aryl methyl sites for hydroxylation is 1. The first-order chi connectivity index (χ1) is 15.0. The maximum atomic E-state index is 13.2. The molecule has 0 saturated carbocycles. The second-order valence-electron chi connectivity index (χ2n) is 7.36. The lowest BCUT2D eigenvalue weighted by molar-refractivity contribution is -0.132. The summed E-state index contributed by atoms with van der Waals surface area (Å²) in [4.78, 5) is 31.7. The number of aliphatic hydroxyl groups excluding tert-OH is 1. The average molecular weight is 449 g/mol. The number of hydrogen-bond acceptors (Lipinski definition) is 4. The maximum absolute atomic E-state index is 13.2. The normalized spacial score (nSPS) is 18.3. The molecule has 1 saturated heterocycles. The molecule has 5 rings (SSSR count). The Balaban J connectivity index is 1.77. The van der Waals surface area contributed by atoms with E-state index in [4.69, 9.17) is 11.6 Å². The number of anilines is 1. The van der Waals surface area contributed by atoms with Crippen LogP contribution < -0.4 is 4.90 Å². The quantitative estimate of drug-likeness (QED) is 0.236. The lowest BCUT2D eigenvalue weighted by atomic mass is 9.98. The zero-order valence-electron chi connectivity index (χ0n) is 16.4. The lowest BCUT2D eigenvalue weighted by Crippen LogP contribution is -2.29. The molecule has 1 aliphatic heterocycles. The van der Waals surface area contributed by atoms with Gasteiger partial charge in [0.1, 0.15) is 11.8 Å². The van der Waals surface area contributed by atoms with Crippen LogP contribution in [0.4, 0.5) is 5.69 Å². The first-order valence-corrected chi connectivity index (χ1v) is 10.9. The van der Waals surface area contributed by atoms with Crippen molar-refractivity contribution in [3.8, 4) is 0 Å². The fourth-order valence-electron chi connectivity index (χ4n) is 4.05. The van der Waals surface area contributed by atoms with Crippen molar-refractivity contribution in [2.24, 2.45) is 0 Å². The van der Waals surface area contributed by atoms with Crippen LogP contribution in [-0.4, -0.2) is 21.8 Å². The number of Topliss-reactive ketones (excluding diaryl/α,β-unsaturated/α-hetero) is 1. The van der Waals surface area contributed by atoms with Crippen molar-refractivity contribution in [1.29, 1.82) is 0 Å². The number of para-hydroxylation sites is 1. The monoisotopic (exact) mass is 448 g/mol. The van der Waals surface area contributed by atoms with Gasteiger partial charge in [-0.05, 0) is 48.2 Å². The predicted molar refractivity (Wildman–Crippen MR) is 124 cm³/mol. The van der Waals surface area contributed by atoms with Crippen molar-refractivity contribution in [3.63, 3.8) is 0 Å². The maximum Gasteiger partial charge on any atom is 0.300 e. The van der Waals surface area contributed by atoms with E-state index in [1.54, 1.807) is 30.5 Å². The molecule has 0 spiro atoms. The number of nitrogens with one attached hydrogen (secondary N) is 1. The number of aromatic amines is 1. The first kappa shape index (κ1) is 19.6. The SMILES string of the molecule is Cc1ccsc1C1/C(=C(\O)c2c[nH]c3ccccc23)C(=O)C(=O)N1c1cccc(Cl)c1. The van der Waals surface area contributed by atoms with Crippen LogP contribution in [0.3, 0.4) is 0 Å². The summed E-state index contributed by atoms with van der Waals surface area (Å²) in [6, 6.07) is 15.5. The number of aliphatic hydroxyl groups is 1. The topological polar surface area (TPSA) is 73.4 Å². The van der Waals surface area contributed by atoms with E-state index in [0.717, 1.165) is 21.3 Å². The number of thiophene rings is 1. The van der Waals surface area contributed by atoms with E-state index >= 15 is 0 Å². The molecule has 1 unspecified atom stereocenters. The van der Waals surface area contributed by atoms with E-state index in [9.17, 15) is 14.7 Å². The van der Waals surface area contributed by atoms with Crippen LogP contribution >= 0.6 is 22.9 Å². The number of aromatic nitrogens is 1. The highest BCUT2D eigenvalue weighted by molar-refractivity contribution is 7.10. The van der Waals surface area contributed by atoms with Crippen molar-refractivity contribution in [2.75, 3.05) is 4.90 Å². The van der Waals surface area contributed by atoms with Gasteiger partial charge in [-0.25, -0.2) is 0 Å².